The van der Waals surface area contributed by atoms with Crippen molar-refractivity contribution in [3.63, 3.8) is 0 Å². The van der Waals surface area contributed by atoms with Crippen LogP contribution in [0, 0.1) is 0 Å². The smallest absolute Gasteiger partial charge is 0.147 e. The third-order valence-corrected chi connectivity index (χ3v) is 3.59. The molecule has 19 heavy (non-hydrogen) atoms. The van der Waals surface area contributed by atoms with Crippen molar-refractivity contribution in [2.75, 3.05) is 6.79 Å². The Balaban J connectivity index is 1.64. The van der Waals surface area contributed by atoms with Crippen molar-refractivity contribution in [2.45, 2.75) is 13.2 Å². The second kappa shape index (κ2) is 7.80. The van der Waals surface area contributed by atoms with Crippen LogP contribution in [0.25, 0.3) is 0 Å². The molecule has 0 unspecified atom stereocenters. The molecule has 0 aliphatic heterocycles. The fourth-order valence-electron chi connectivity index (χ4n) is 1.54. The first-order chi connectivity index (χ1) is 9.24. The Morgan fingerprint density at radius 1 is 0.632 bits per heavy atom. The van der Waals surface area contributed by atoms with Crippen LogP contribution in [-0.2, 0) is 22.7 Å². The zero-order valence-electron chi connectivity index (χ0n) is 10.3. The molecule has 0 aliphatic rings. The van der Waals surface area contributed by atoms with E-state index in [0.717, 1.165) is 20.1 Å². The molecule has 0 heterocycles. The van der Waals surface area contributed by atoms with E-state index in [4.69, 9.17) is 9.47 Å². The first-order valence-electron chi connectivity index (χ1n) is 5.88. The van der Waals surface area contributed by atoms with E-state index >= 15 is 0 Å². The minimum absolute atomic E-state index is 0.298. The van der Waals surface area contributed by atoms with Gasteiger partial charge in [-0.25, -0.2) is 0 Å². The van der Waals surface area contributed by atoms with Crippen LogP contribution in [0.5, 0.6) is 0 Å². The maximum atomic E-state index is 5.46. The summed E-state index contributed by atoms with van der Waals surface area (Å²) in [5.74, 6) is 0. The van der Waals surface area contributed by atoms with Crippen molar-refractivity contribution in [3.8, 4) is 0 Å². The molecule has 0 saturated carbocycles. The molecule has 2 aromatic rings. The molecular weight excluding hydrogens is 372 g/mol. The number of ether oxygens (including phenoxy) is 2. The Morgan fingerprint density at radius 2 is 1.00 bits per heavy atom. The van der Waals surface area contributed by atoms with Gasteiger partial charge >= 0.3 is 0 Å². The van der Waals surface area contributed by atoms with Crippen LogP contribution in [0.4, 0.5) is 0 Å². The average Bonchev–Trinajstić information content (AvgIpc) is 2.43. The summed E-state index contributed by atoms with van der Waals surface area (Å²) in [6.07, 6.45) is 0. The first-order valence-corrected chi connectivity index (χ1v) is 7.47. The Labute approximate surface area is 130 Å². The third-order valence-electron chi connectivity index (χ3n) is 2.53. The van der Waals surface area contributed by atoms with Gasteiger partial charge < -0.3 is 9.47 Å². The number of benzene rings is 2. The molecule has 2 aromatic carbocycles. The van der Waals surface area contributed by atoms with Crippen molar-refractivity contribution in [1.82, 2.24) is 0 Å². The molecule has 0 radical (unpaired) electrons. The Kier molecular flexibility index (Phi) is 6.04. The van der Waals surface area contributed by atoms with Crippen LogP contribution < -0.4 is 0 Å². The second-order valence-electron chi connectivity index (χ2n) is 4.07. The van der Waals surface area contributed by atoms with E-state index in [1.54, 1.807) is 0 Å². The van der Waals surface area contributed by atoms with Crippen LogP contribution in [0.3, 0.4) is 0 Å². The molecule has 0 saturated heterocycles. The van der Waals surface area contributed by atoms with Gasteiger partial charge in [0.2, 0.25) is 0 Å². The molecule has 0 amide bonds. The predicted molar refractivity (Wildman–Crippen MR) is 82.7 cm³/mol. The van der Waals surface area contributed by atoms with Crippen LogP contribution in [0.2, 0.25) is 0 Å². The van der Waals surface area contributed by atoms with E-state index in [1.165, 1.54) is 0 Å². The molecule has 0 aromatic heterocycles. The number of rotatable bonds is 6. The molecule has 0 bridgehead atoms. The third kappa shape index (κ3) is 5.45. The summed E-state index contributed by atoms with van der Waals surface area (Å²) in [5, 5.41) is 0. The molecule has 2 rings (SSSR count). The Hall–Kier alpha value is -0.680. The van der Waals surface area contributed by atoms with E-state index in [0.29, 0.717) is 20.0 Å². The molecular formula is C15H14Br2O2. The minimum Gasteiger partial charge on any atom is -0.351 e. The molecule has 100 valence electrons. The molecule has 4 heteroatoms. The topological polar surface area (TPSA) is 18.5 Å². The maximum absolute atomic E-state index is 5.46. The summed E-state index contributed by atoms with van der Waals surface area (Å²) in [5.41, 5.74) is 2.27. The highest BCUT2D eigenvalue weighted by Crippen LogP contribution is 2.12. The summed E-state index contributed by atoms with van der Waals surface area (Å²) in [7, 11) is 0. The highest BCUT2D eigenvalue weighted by molar-refractivity contribution is 9.10. The number of halogens is 2. The van der Waals surface area contributed by atoms with Crippen molar-refractivity contribution < 1.29 is 9.47 Å². The van der Waals surface area contributed by atoms with Crippen molar-refractivity contribution in [1.29, 1.82) is 0 Å². The predicted octanol–water partition coefficient (Wildman–Crippen LogP) is 4.90. The highest BCUT2D eigenvalue weighted by Gasteiger charge is 1.95. The minimum atomic E-state index is 0.298. The van der Waals surface area contributed by atoms with Gasteiger partial charge in [-0.05, 0) is 35.4 Å². The second-order valence-corrected chi connectivity index (χ2v) is 5.90. The zero-order chi connectivity index (χ0) is 13.5. The number of hydrogen-bond donors (Lipinski definition) is 0. The SMILES string of the molecule is Brc1ccc(COCOCc2ccc(Br)cc2)cc1. The largest absolute Gasteiger partial charge is 0.351 e. The summed E-state index contributed by atoms with van der Waals surface area (Å²) >= 11 is 6.80. The zero-order valence-corrected chi connectivity index (χ0v) is 13.5. The summed E-state index contributed by atoms with van der Waals surface area (Å²) < 4.78 is 13.1. The van der Waals surface area contributed by atoms with Crippen LogP contribution in [0.1, 0.15) is 11.1 Å². The quantitative estimate of drug-likeness (QED) is 0.520. The molecule has 0 fully saturated rings. The molecule has 0 N–H and O–H groups in total. The molecule has 0 atom stereocenters. The van der Waals surface area contributed by atoms with E-state index in [1.807, 2.05) is 48.5 Å². The lowest BCUT2D eigenvalue weighted by Gasteiger charge is -2.06. The number of hydrogen-bond acceptors (Lipinski definition) is 2. The standard InChI is InChI=1S/C15H14Br2O2/c16-14-5-1-12(2-6-14)9-18-11-19-10-13-3-7-15(17)8-4-13/h1-8H,9-11H2. The van der Waals surface area contributed by atoms with Crippen LogP contribution in [-0.4, -0.2) is 6.79 Å². The fraction of sp³-hybridized carbons (Fsp3) is 0.200. The van der Waals surface area contributed by atoms with Gasteiger partial charge in [0.05, 0.1) is 13.2 Å². The summed E-state index contributed by atoms with van der Waals surface area (Å²) in [4.78, 5) is 0. The molecule has 2 nitrogen and oxygen atoms in total. The van der Waals surface area contributed by atoms with Gasteiger partial charge in [0, 0.05) is 8.95 Å². The Bertz CT molecular complexity index is 447. The van der Waals surface area contributed by atoms with Gasteiger partial charge in [0.1, 0.15) is 6.79 Å². The monoisotopic (exact) mass is 384 g/mol. The van der Waals surface area contributed by atoms with Gasteiger partial charge in [0.25, 0.3) is 0 Å². The maximum Gasteiger partial charge on any atom is 0.147 e. The van der Waals surface area contributed by atoms with E-state index < -0.39 is 0 Å². The lowest BCUT2D eigenvalue weighted by molar-refractivity contribution is -0.0689. The van der Waals surface area contributed by atoms with Gasteiger partial charge in [-0.15, -0.1) is 0 Å². The van der Waals surface area contributed by atoms with Crippen molar-refractivity contribution in [3.05, 3.63) is 68.6 Å². The lowest BCUT2D eigenvalue weighted by atomic mass is 10.2. The fourth-order valence-corrected chi connectivity index (χ4v) is 2.07. The van der Waals surface area contributed by atoms with Crippen LogP contribution in [0.15, 0.2) is 57.5 Å². The first kappa shape index (κ1) is 14.7. The average molecular weight is 386 g/mol. The summed E-state index contributed by atoms with van der Waals surface area (Å²) in [6.45, 7) is 1.42. The highest BCUT2D eigenvalue weighted by atomic mass is 79.9. The lowest BCUT2D eigenvalue weighted by Crippen LogP contribution is -2.00. The van der Waals surface area contributed by atoms with Crippen molar-refractivity contribution in [2.24, 2.45) is 0 Å². The summed E-state index contributed by atoms with van der Waals surface area (Å²) in [6, 6.07) is 16.1. The molecule has 0 spiro atoms. The van der Waals surface area contributed by atoms with Gasteiger partial charge in [-0.2, -0.15) is 0 Å². The van der Waals surface area contributed by atoms with Gasteiger partial charge in [-0.1, -0.05) is 56.1 Å². The van der Waals surface area contributed by atoms with E-state index in [2.05, 4.69) is 31.9 Å². The normalized spacial score (nSPS) is 10.6. The van der Waals surface area contributed by atoms with Crippen molar-refractivity contribution >= 4 is 31.9 Å². The Morgan fingerprint density at radius 3 is 1.37 bits per heavy atom. The van der Waals surface area contributed by atoms with E-state index in [9.17, 15) is 0 Å². The van der Waals surface area contributed by atoms with Gasteiger partial charge in [-0.3, -0.25) is 0 Å². The van der Waals surface area contributed by atoms with Gasteiger partial charge in [0.15, 0.2) is 0 Å². The molecule has 0 aliphatic carbocycles. The van der Waals surface area contributed by atoms with E-state index in [-0.39, 0.29) is 0 Å². The van der Waals surface area contributed by atoms with Crippen LogP contribution >= 0.6 is 31.9 Å².